The lowest BCUT2D eigenvalue weighted by Crippen LogP contribution is -2.20. The third kappa shape index (κ3) is 4.94. The van der Waals surface area contributed by atoms with Crippen molar-refractivity contribution < 1.29 is 22.3 Å². The molecule has 152 valence electrons. The predicted octanol–water partition coefficient (Wildman–Crippen LogP) is 2.90. The van der Waals surface area contributed by atoms with Crippen LogP contribution in [-0.2, 0) is 23.7 Å². The largest absolute Gasteiger partial charge is 0.489 e. The first kappa shape index (κ1) is 20.4. The van der Waals surface area contributed by atoms with E-state index in [9.17, 15) is 17.6 Å². The zero-order valence-corrected chi connectivity index (χ0v) is 16.7. The van der Waals surface area contributed by atoms with Crippen LogP contribution in [0.15, 0.2) is 65.7 Å². The fraction of sp³-hybridized carbons (Fsp3) is 0.150. The molecule has 7 nitrogen and oxygen atoms in total. The summed E-state index contributed by atoms with van der Waals surface area (Å²) in [4.78, 5) is 11.8. The average Bonchev–Trinajstić information content (AvgIpc) is 3.10. The molecule has 0 saturated carbocycles. The number of sulfonamides is 1. The van der Waals surface area contributed by atoms with Crippen molar-refractivity contribution in [3.8, 4) is 5.75 Å². The molecule has 0 fully saturated rings. The van der Waals surface area contributed by atoms with E-state index in [1.54, 1.807) is 43.4 Å². The molecule has 2 N–H and O–H groups in total. The minimum Gasteiger partial charge on any atom is -0.489 e. The van der Waals surface area contributed by atoms with Gasteiger partial charge in [-0.25, -0.2) is 12.8 Å². The molecule has 2 aromatic carbocycles. The molecular formula is C20H20FN3O4S. The van der Waals surface area contributed by atoms with Gasteiger partial charge in [0.25, 0.3) is 15.9 Å². The Kier molecular flexibility index (Phi) is 5.88. The Morgan fingerprint density at radius 3 is 2.55 bits per heavy atom. The maximum Gasteiger partial charge on any atom is 0.267 e. The van der Waals surface area contributed by atoms with Gasteiger partial charge in [-0.2, -0.15) is 0 Å². The number of ether oxygens (including phenoxy) is 1. The highest BCUT2D eigenvalue weighted by Gasteiger charge is 2.20. The molecular weight excluding hydrogens is 397 g/mol. The first-order valence-corrected chi connectivity index (χ1v) is 10.2. The number of hydrogen-bond acceptors (Lipinski definition) is 4. The highest BCUT2D eigenvalue weighted by Crippen LogP contribution is 2.23. The Morgan fingerprint density at radius 2 is 1.86 bits per heavy atom. The summed E-state index contributed by atoms with van der Waals surface area (Å²) in [5.41, 5.74) is 1.32. The Labute approximate surface area is 168 Å². The smallest absolute Gasteiger partial charge is 0.267 e. The molecule has 1 aromatic heterocycles. The molecule has 1 heterocycles. The van der Waals surface area contributed by atoms with Gasteiger partial charge in [0.05, 0.1) is 5.69 Å². The van der Waals surface area contributed by atoms with E-state index in [0.29, 0.717) is 11.4 Å². The van der Waals surface area contributed by atoms with E-state index in [1.165, 1.54) is 36.0 Å². The molecule has 9 heteroatoms. The minimum absolute atomic E-state index is 0.0313. The second kappa shape index (κ2) is 8.36. The van der Waals surface area contributed by atoms with Gasteiger partial charge < -0.3 is 14.6 Å². The zero-order valence-electron chi connectivity index (χ0n) is 15.8. The van der Waals surface area contributed by atoms with E-state index >= 15 is 0 Å². The Morgan fingerprint density at radius 1 is 1.14 bits per heavy atom. The molecule has 1 amide bonds. The number of carbonyl (C=O) groups is 1. The number of benzene rings is 2. The Balaban J connectivity index is 1.73. The molecule has 0 aliphatic rings. The topological polar surface area (TPSA) is 89.4 Å². The van der Waals surface area contributed by atoms with Gasteiger partial charge in [-0.15, -0.1) is 0 Å². The molecule has 29 heavy (non-hydrogen) atoms. The summed E-state index contributed by atoms with van der Waals surface area (Å²) in [6, 6.07) is 13.7. The second-order valence-corrected chi connectivity index (χ2v) is 7.98. The van der Waals surface area contributed by atoms with E-state index in [0.717, 1.165) is 5.56 Å². The lowest BCUT2D eigenvalue weighted by Gasteiger charge is -2.10. The molecule has 0 atom stereocenters. The van der Waals surface area contributed by atoms with Crippen molar-refractivity contribution in [3.63, 3.8) is 0 Å². The summed E-state index contributed by atoms with van der Waals surface area (Å²) in [7, 11) is -0.831. The lowest BCUT2D eigenvalue weighted by molar-refractivity contribution is 0.0955. The number of aryl methyl sites for hydroxylation is 1. The lowest BCUT2D eigenvalue weighted by atomic mass is 10.2. The fourth-order valence-corrected chi connectivity index (χ4v) is 3.76. The molecule has 0 aliphatic carbocycles. The maximum absolute atomic E-state index is 13.0. The van der Waals surface area contributed by atoms with Gasteiger partial charge >= 0.3 is 0 Å². The molecule has 0 spiro atoms. The summed E-state index contributed by atoms with van der Waals surface area (Å²) in [5, 5.41) is 2.46. The number of amides is 1. The van der Waals surface area contributed by atoms with Crippen molar-refractivity contribution in [2.24, 2.45) is 7.05 Å². The van der Waals surface area contributed by atoms with Crippen LogP contribution in [0.3, 0.4) is 0 Å². The van der Waals surface area contributed by atoms with Crippen LogP contribution >= 0.6 is 0 Å². The molecule has 0 unspecified atom stereocenters. The number of halogens is 1. The summed E-state index contributed by atoms with van der Waals surface area (Å²) in [5.74, 6) is -0.260. The first-order valence-electron chi connectivity index (χ1n) is 8.67. The number of rotatable bonds is 7. The number of aromatic nitrogens is 1. The molecule has 0 saturated heterocycles. The van der Waals surface area contributed by atoms with E-state index < -0.39 is 10.0 Å². The van der Waals surface area contributed by atoms with E-state index in [2.05, 4.69) is 10.0 Å². The molecule has 3 aromatic rings. The average molecular weight is 417 g/mol. The predicted molar refractivity (Wildman–Crippen MR) is 107 cm³/mol. The van der Waals surface area contributed by atoms with Gasteiger partial charge in [-0.3, -0.25) is 9.52 Å². The van der Waals surface area contributed by atoms with Crippen LogP contribution in [0.25, 0.3) is 0 Å². The summed E-state index contributed by atoms with van der Waals surface area (Å²) >= 11 is 0. The van der Waals surface area contributed by atoms with Crippen molar-refractivity contribution in [1.29, 1.82) is 0 Å². The molecule has 0 radical (unpaired) electrons. The SMILES string of the molecule is CNC(=O)c1cc(S(=O)(=O)Nc2cccc(OCc3ccc(F)cc3)c2)cn1C. The van der Waals surface area contributed by atoms with Gasteiger partial charge in [0.1, 0.15) is 28.8 Å². The summed E-state index contributed by atoms with van der Waals surface area (Å²) in [6.07, 6.45) is 1.36. The standard InChI is InChI=1S/C20H20FN3O4S/c1-22-20(25)19-11-18(12-24(19)2)29(26,27)23-16-4-3-5-17(10-16)28-13-14-6-8-15(21)9-7-14/h3-12,23H,13H2,1-2H3,(H,22,25). The quantitative estimate of drug-likeness (QED) is 0.619. The van der Waals surface area contributed by atoms with Crippen molar-refractivity contribution in [2.45, 2.75) is 11.5 Å². The second-order valence-electron chi connectivity index (χ2n) is 6.30. The normalized spacial score (nSPS) is 11.1. The van der Waals surface area contributed by atoms with Crippen LogP contribution in [0.4, 0.5) is 10.1 Å². The monoisotopic (exact) mass is 417 g/mol. The van der Waals surface area contributed by atoms with Crippen molar-refractivity contribution >= 4 is 21.6 Å². The van der Waals surface area contributed by atoms with Crippen molar-refractivity contribution in [3.05, 3.63) is 77.9 Å². The van der Waals surface area contributed by atoms with E-state index in [-0.39, 0.29) is 28.9 Å². The van der Waals surface area contributed by atoms with Crippen molar-refractivity contribution in [1.82, 2.24) is 9.88 Å². The third-order valence-electron chi connectivity index (χ3n) is 4.15. The zero-order chi connectivity index (χ0) is 21.0. The van der Waals surface area contributed by atoms with Crippen LogP contribution in [0.1, 0.15) is 16.1 Å². The number of anilines is 1. The maximum atomic E-state index is 13.0. The van der Waals surface area contributed by atoms with Gasteiger partial charge in [0, 0.05) is 26.4 Å². The van der Waals surface area contributed by atoms with E-state index in [1.807, 2.05) is 0 Å². The van der Waals surface area contributed by atoms with Crippen molar-refractivity contribution in [2.75, 3.05) is 11.8 Å². The Hall–Kier alpha value is -3.33. The number of nitrogens with one attached hydrogen (secondary N) is 2. The minimum atomic E-state index is -3.89. The van der Waals surface area contributed by atoms with E-state index in [4.69, 9.17) is 4.74 Å². The van der Waals surface area contributed by atoms with Crippen LogP contribution in [0.5, 0.6) is 5.75 Å². The van der Waals surface area contributed by atoms with Crippen LogP contribution in [0.2, 0.25) is 0 Å². The highest BCUT2D eigenvalue weighted by atomic mass is 32.2. The number of nitrogens with zero attached hydrogens (tertiary/aromatic N) is 1. The van der Waals surface area contributed by atoms with Crippen LogP contribution < -0.4 is 14.8 Å². The third-order valence-corrected chi connectivity index (χ3v) is 5.50. The van der Waals surface area contributed by atoms with Crippen LogP contribution in [0, 0.1) is 5.82 Å². The van der Waals surface area contributed by atoms with Crippen LogP contribution in [-0.4, -0.2) is 25.9 Å². The van der Waals surface area contributed by atoms with Gasteiger partial charge in [0.2, 0.25) is 0 Å². The van der Waals surface area contributed by atoms with Gasteiger partial charge in [0.15, 0.2) is 0 Å². The number of carbonyl (C=O) groups excluding carboxylic acids is 1. The summed E-state index contributed by atoms with van der Waals surface area (Å²) in [6.45, 7) is 0.213. The van der Waals surface area contributed by atoms with Gasteiger partial charge in [-0.05, 0) is 35.9 Å². The number of hydrogen-bond donors (Lipinski definition) is 2. The molecule has 3 rings (SSSR count). The molecule has 0 aliphatic heterocycles. The highest BCUT2D eigenvalue weighted by molar-refractivity contribution is 7.92. The fourth-order valence-electron chi connectivity index (χ4n) is 2.65. The van der Waals surface area contributed by atoms with Gasteiger partial charge in [-0.1, -0.05) is 18.2 Å². The Bertz CT molecular complexity index is 1120. The first-order chi connectivity index (χ1) is 13.8. The summed E-state index contributed by atoms with van der Waals surface area (Å²) < 4.78 is 47.9. The molecule has 0 bridgehead atoms.